The Morgan fingerprint density at radius 3 is 1.87 bits per heavy atom. The molecule has 0 bridgehead atoms. The number of carbonyl (C=O) groups excluding carboxylic acids is 1. The maximum atomic E-state index is 12.6. The molecular weight excluding hydrogens is 589 g/mol. The highest BCUT2D eigenvalue weighted by Gasteiger charge is 2.20. The van der Waals surface area contributed by atoms with Crippen LogP contribution >= 0.6 is 7.82 Å². The zero-order valence-electron chi connectivity index (χ0n) is 29.8. The molecule has 0 N–H and O–H groups in total. The van der Waals surface area contributed by atoms with E-state index in [1.165, 1.54) is 64.2 Å². The Kier molecular flexibility index (Phi) is 29.6. The minimum Gasteiger partial charge on any atom is -0.756 e. The Balaban J connectivity index is 4.34. The molecule has 0 saturated heterocycles. The summed E-state index contributed by atoms with van der Waals surface area (Å²) in [6, 6.07) is 0. The molecule has 9 heteroatoms. The summed E-state index contributed by atoms with van der Waals surface area (Å²) in [7, 11) is 1.35. The zero-order valence-corrected chi connectivity index (χ0v) is 30.7. The minimum absolute atomic E-state index is 0.0244. The van der Waals surface area contributed by atoms with Crippen LogP contribution < -0.4 is 4.89 Å². The lowest BCUT2D eigenvalue weighted by Gasteiger charge is -2.28. The van der Waals surface area contributed by atoms with Crippen molar-refractivity contribution in [2.45, 2.75) is 148 Å². The second-order valence-corrected chi connectivity index (χ2v) is 14.6. The van der Waals surface area contributed by atoms with Crippen LogP contribution in [0.5, 0.6) is 0 Å². The normalized spacial score (nSPS) is 14.4. The van der Waals surface area contributed by atoms with Crippen LogP contribution in [-0.2, 0) is 27.9 Å². The van der Waals surface area contributed by atoms with E-state index in [9.17, 15) is 14.3 Å². The van der Waals surface area contributed by atoms with Crippen molar-refractivity contribution in [1.29, 1.82) is 0 Å². The van der Waals surface area contributed by atoms with Crippen LogP contribution in [0, 0.1) is 0 Å². The van der Waals surface area contributed by atoms with E-state index in [1.54, 1.807) is 0 Å². The summed E-state index contributed by atoms with van der Waals surface area (Å²) >= 11 is 0. The van der Waals surface area contributed by atoms with E-state index < -0.39 is 13.9 Å². The van der Waals surface area contributed by atoms with Crippen molar-refractivity contribution in [3.05, 3.63) is 24.3 Å². The van der Waals surface area contributed by atoms with Gasteiger partial charge in [-0.2, -0.15) is 0 Å². The SMILES string of the molecule is CCCC/C=C\C/C=C\CCCCCCCC(=O)OC(COCCCCCCCCCCC)COP(=O)([O-])OCC[N+](C)(C)C. The second kappa shape index (κ2) is 30.3. The molecule has 0 heterocycles. The van der Waals surface area contributed by atoms with Gasteiger partial charge in [0.05, 0.1) is 34.4 Å². The number of esters is 1. The van der Waals surface area contributed by atoms with Crippen molar-refractivity contribution in [2.24, 2.45) is 0 Å². The summed E-state index contributed by atoms with van der Waals surface area (Å²) in [6.07, 6.45) is 30.4. The Morgan fingerprint density at radius 2 is 1.24 bits per heavy atom. The number of hydrogen-bond acceptors (Lipinski definition) is 7. The quantitative estimate of drug-likeness (QED) is 0.0228. The van der Waals surface area contributed by atoms with E-state index in [-0.39, 0.29) is 25.8 Å². The van der Waals surface area contributed by atoms with Crippen LogP contribution in [0.2, 0.25) is 0 Å². The first kappa shape index (κ1) is 44.0. The van der Waals surface area contributed by atoms with Crippen molar-refractivity contribution in [2.75, 3.05) is 54.1 Å². The second-order valence-electron chi connectivity index (χ2n) is 13.2. The number of phosphoric acid groups is 1. The van der Waals surface area contributed by atoms with Crippen molar-refractivity contribution < 1.29 is 37.3 Å². The number of unbranched alkanes of at least 4 members (excludes halogenated alkanes) is 15. The lowest BCUT2D eigenvalue weighted by atomic mass is 10.1. The summed E-state index contributed by atoms with van der Waals surface area (Å²) in [4.78, 5) is 24.8. The molecule has 0 saturated carbocycles. The topological polar surface area (TPSA) is 94.1 Å². The Morgan fingerprint density at radius 1 is 0.689 bits per heavy atom. The van der Waals surface area contributed by atoms with Crippen molar-refractivity contribution in [3.63, 3.8) is 0 Å². The number of allylic oxidation sites excluding steroid dienone is 4. The lowest BCUT2D eigenvalue weighted by Crippen LogP contribution is -2.37. The molecule has 0 fully saturated rings. The van der Waals surface area contributed by atoms with Crippen LogP contribution in [0.15, 0.2) is 24.3 Å². The minimum atomic E-state index is -4.51. The molecule has 266 valence electrons. The predicted molar refractivity (Wildman–Crippen MR) is 185 cm³/mol. The first-order chi connectivity index (χ1) is 21.6. The number of hydrogen-bond donors (Lipinski definition) is 0. The van der Waals surface area contributed by atoms with E-state index in [2.05, 4.69) is 38.2 Å². The van der Waals surface area contributed by atoms with Gasteiger partial charge in [0.1, 0.15) is 19.3 Å². The van der Waals surface area contributed by atoms with Gasteiger partial charge in [0.2, 0.25) is 0 Å². The summed E-state index contributed by atoms with van der Waals surface area (Å²) in [5.74, 6) is -0.350. The molecule has 0 rings (SSSR count). The molecule has 45 heavy (non-hydrogen) atoms. The van der Waals surface area contributed by atoms with Gasteiger partial charge in [-0.15, -0.1) is 0 Å². The third-order valence-electron chi connectivity index (χ3n) is 7.51. The Labute approximate surface area is 277 Å². The molecule has 2 unspecified atom stereocenters. The van der Waals surface area contributed by atoms with E-state index >= 15 is 0 Å². The fourth-order valence-corrected chi connectivity index (χ4v) is 5.35. The molecule has 0 aromatic heterocycles. The average molecular weight is 660 g/mol. The molecule has 2 atom stereocenters. The standard InChI is InChI=1S/C36H70NO7P/c1-6-8-10-12-14-16-17-18-19-20-21-23-25-27-29-36(38)44-35(34-43-45(39,40)42-32-30-37(3,4)5)33-41-31-28-26-24-22-15-13-11-9-7-2/h12,14,17-18,35H,6-11,13,15-16,19-34H2,1-5H3/b14-12-,18-17-. The number of phosphoric ester groups is 1. The highest BCUT2D eigenvalue weighted by atomic mass is 31.2. The Hall–Kier alpha value is -1.02. The van der Waals surface area contributed by atoms with Crippen molar-refractivity contribution >= 4 is 13.8 Å². The van der Waals surface area contributed by atoms with Crippen molar-refractivity contribution in [1.82, 2.24) is 0 Å². The van der Waals surface area contributed by atoms with Gasteiger partial charge >= 0.3 is 5.97 Å². The van der Waals surface area contributed by atoms with E-state index in [0.29, 0.717) is 24.1 Å². The van der Waals surface area contributed by atoms with E-state index in [0.717, 1.165) is 57.8 Å². The maximum absolute atomic E-state index is 12.6. The third-order valence-corrected chi connectivity index (χ3v) is 8.47. The van der Waals surface area contributed by atoms with E-state index in [4.69, 9.17) is 18.5 Å². The molecular formula is C36H70NO7P. The first-order valence-corrected chi connectivity index (χ1v) is 19.5. The molecule has 0 aliphatic rings. The fraction of sp³-hybridized carbons (Fsp3) is 0.861. The van der Waals surface area contributed by atoms with Gasteiger partial charge in [0.25, 0.3) is 7.82 Å². The molecule has 0 aliphatic heterocycles. The monoisotopic (exact) mass is 659 g/mol. The van der Waals surface area contributed by atoms with Crippen LogP contribution in [0.25, 0.3) is 0 Å². The van der Waals surface area contributed by atoms with Crippen LogP contribution in [0.4, 0.5) is 0 Å². The molecule has 0 radical (unpaired) electrons. The number of quaternary nitrogens is 1. The predicted octanol–water partition coefficient (Wildman–Crippen LogP) is 9.08. The summed E-state index contributed by atoms with van der Waals surface area (Å²) < 4.78 is 34.3. The van der Waals surface area contributed by atoms with Crippen LogP contribution in [0.3, 0.4) is 0 Å². The van der Waals surface area contributed by atoms with Crippen LogP contribution in [0.1, 0.15) is 142 Å². The van der Waals surface area contributed by atoms with Gasteiger partial charge in [-0.3, -0.25) is 9.36 Å². The average Bonchev–Trinajstić information content (AvgIpc) is 2.98. The van der Waals surface area contributed by atoms with Gasteiger partial charge in [-0.1, -0.05) is 122 Å². The van der Waals surface area contributed by atoms with Gasteiger partial charge in [-0.25, -0.2) is 0 Å². The largest absolute Gasteiger partial charge is 0.756 e. The molecule has 0 amide bonds. The van der Waals surface area contributed by atoms with Gasteiger partial charge < -0.3 is 27.9 Å². The summed E-state index contributed by atoms with van der Waals surface area (Å²) in [5.41, 5.74) is 0. The number of nitrogens with zero attached hydrogens (tertiary/aromatic N) is 1. The highest BCUT2D eigenvalue weighted by molar-refractivity contribution is 7.45. The first-order valence-electron chi connectivity index (χ1n) is 18.1. The summed E-state index contributed by atoms with van der Waals surface area (Å²) in [6.45, 7) is 5.33. The maximum Gasteiger partial charge on any atom is 0.306 e. The number of ether oxygens (including phenoxy) is 2. The van der Waals surface area contributed by atoms with Crippen molar-refractivity contribution in [3.8, 4) is 0 Å². The highest BCUT2D eigenvalue weighted by Crippen LogP contribution is 2.38. The Bertz CT molecular complexity index is 782. The van der Waals surface area contributed by atoms with Crippen LogP contribution in [-0.4, -0.2) is 70.7 Å². The lowest BCUT2D eigenvalue weighted by molar-refractivity contribution is -0.870. The van der Waals surface area contributed by atoms with Gasteiger partial charge in [-0.05, 0) is 38.5 Å². The fourth-order valence-electron chi connectivity index (χ4n) is 4.62. The molecule has 0 aromatic rings. The molecule has 0 spiro atoms. The van der Waals surface area contributed by atoms with Gasteiger partial charge in [0, 0.05) is 13.0 Å². The number of rotatable bonds is 33. The van der Waals surface area contributed by atoms with Gasteiger partial charge in [0.15, 0.2) is 0 Å². The smallest absolute Gasteiger partial charge is 0.306 e. The number of carbonyl (C=O) groups is 1. The van der Waals surface area contributed by atoms with E-state index in [1.807, 2.05) is 21.1 Å². The zero-order chi connectivity index (χ0) is 33.5. The molecule has 8 nitrogen and oxygen atoms in total. The molecule has 0 aromatic carbocycles. The molecule has 0 aliphatic carbocycles. The number of likely N-dealkylation sites (N-methyl/N-ethyl adjacent to an activating group) is 1. The summed E-state index contributed by atoms with van der Waals surface area (Å²) in [5, 5.41) is 0. The third kappa shape index (κ3) is 34.1.